The number of para-hydroxylation sites is 1. The summed E-state index contributed by atoms with van der Waals surface area (Å²) in [5.41, 5.74) is 1.68. The molecule has 0 atom stereocenters. The Balaban J connectivity index is 0.000000641. The van der Waals surface area contributed by atoms with Crippen molar-refractivity contribution in [2.24, 2.45) is 0 Å². The molecule has 0 saturated carbocycles. The molecule has 3 rings (SSSR count). The van der Waals surface area contributed by atoms with Gasteiger partial charge in [-0.2, -0.15) is 0 Å². The van der Waals surface area contributed by atoms with E-state index in [1.54, 1.807) is 40.6 Å². The van der Waals surface area contributed by atoms with Crippen molar-refractivity contribution < 1.29 is 43.5 Å². The first-order chi connectivity index (χ1) is 16.7. The maximum Gasteiger partial charge on any atom is 0.414 e. The van der Waals surface area contributed by atoms with Gasteiger partial charge in [-0.25, -0.2) is 9.59 Å². The van der Waals surface area contributed by atoms with Crippen LogP contribution in [0.2, 0.25) is 0 Å². The number of methoxy groups -OCH3 is 4. The normalized spacial score (nSPS) is 13.2. The van der Waals surface area contributed by atoms with Gasteiger partial charge in [0.25, 0.3) is 5.91 Å². The van der Waals surface area contributed by atoms with Crippen molar-refractivity contribution in [1.82, 2.24) is 9.80 Å². The summed E-state index contributed by atoms with van der Waals surface area (Å²) in [4.78, 5) is 35.4. The largest absolute Gasteiger partial charge is 0.493 e. The van der Waals surface area contributed by atoms with Gasteiger partial charge in [0.1, 0.15) is 0 Å². The second-order valence-corrected chi connectivity index (χ2v) is 7.41. The topological polar surface area (TPSA) is 135 Å². The third-order valence-corrected chi connectivity index (χ3v) is 5.33. The number of carboxylic acid groups (broad SMARTS) is 2. The first-order valence-corrected chi connectivity index (χ1v) is 10.6. The van der Waals surface area contributed by atoms with Crippen LogP contribution in [0.5, 0.6) is 23.0 Å². The fraction of sp³-hybridized carbons (Fsp3) is 0.375. The van der Waals surface area contributed by atoms with Crippen LogP contribution >= 0.6 is 0 Å². The van der Waals surface area contributed by atoms with Gasteiger partial charge >= 0.3 is 11.9 Å². The highest BCUT2D eigenvalue weighted by Crippen LogP contribution is 2.32. The molecule has 1 saturated heterocycles. The average Bonchev–Trinajstić information content (AvgIpc) is 2.88. The minimum absolute atomic E-state index is 0.0356. The van der Waals surface area contributed by atoms with Crippen LogP contribution in [0.4, 0.5) is 0 Å². The number of aliphatic carboxylic acids is 2. The van der Waals surface area contributed by atoms with E-state index in [-0.39, 0.29) is 5.91 Å². The molecule has 35 heavy (non-hydrogen) atoms. The molecule has 1 amide bonds. The summed E-state index contributed by atoms with van der Waals surface area (Å²) in [7, 11) is 6.39. The van der Waals surface area contributed by atoms with Gasteiger partial charge in [-0.05, 0) is 29.8 Å². The van der Waals surface area contributed by atoms with Gasteiger partial charge in [-0.3, -0.25) is 9.69 Å². The van der Waals surface area contributed by atoms with Crippen molar-refractivity contribution in [1.29, 1.82) is 0 Å². The quantitative estimate of drug-likeness (QED) is 0.554. The molecule has 1 aliphatic heterocycles. The molecular formula is C24H30N2O9. The maximum atomic E-state index is 13.0. The Kier molecular flexibility index (Phi) is 10.2. The standard InChI is InChI=1S/C22H28N2O5.C2H2O4/c1-26-18-9-8-16(14-20(18)28-3)15-23-10-12-24(13-11-23)22(25)17-6-5-7-19(27-2)21(17)29-4;3-1(4)2(5)6/h5-9,14H,10-13,15H2,1-4H3;(H,3,4)(H,5,6). The van der Waals surface area contributed by atoms with E-state index in [4.69, 9.17) is 38.7 Å². The average molecular weight is 491 g/mol. The van der Waals surface area contributed by atoms with Gasteiger partial charge in [0.15, 0.2) is 23.0 Å². The van der Waals surface area contributed by atoms with Crippen LogP contribution in [-0.2, 0) is 16.1 Å². The third kappa shape index (κ3) is 7.24. The third-order valence-electron chi connectivity index (χ3n) is 5.33. The Bertz CT molecular complexity index is 1020. The molecule has 2 N–H and O–H groups in total. The zero-order valence-electron chi connectivity index (χ0n) is 20.1. The first-order valence-electron chi connectivity index (χ1n) is 10.6. The van der Waals surface area contributed by atoms with E-state index in [1.807, 2.05) is 29.2 Å². The summed E-state index contributed by atoms with van der Waals surface area (Å²) >= 11 is 0. The number of carbonyl (C=O) groups excluding carboxylic acids is 1. The van der Waals surface area contributed by atoms with Crippen LogP contribution in [0.25, 0.3) is 0 Å². The van der Waals surface area contributed by atoms with Crippen molar-refractivity contribution in [2.75, 3.05) is 54.6 Å². The molecule has 1 fully saturated rings. The predicted molar refractivity (Wildman–Crippen MR) is 126 cm³/mol. The van der Waals surface area contributed by atoms with Gasteiger partial charge < -0.3 is 34.1 Å². The number of ether oxygens (including phenoxy) is 4. The van der Waals surface area contributed by atoms with Crippen molar-refractivity contribution in [3.05, 3.63) is 47.5 Å². The van der Waals surface area contributed by atoms with Gasteiger partial charge in [-0.15, -0.1) is 0 Å². The molecule has 0 aromatic heterocycles. The number of benzene rings is 2. The molecule has 0 spiro atoms. The van der Waals surface area contributed by atoms with Gasteiger partial charge in [-0.1, -0.05) is 12.1 Å². The Hall–Kier alpha value is -3.99. The summed E-state index contributed by atoms with van der Waals surface area (Å²) in [5, 5.41) is 14.8. The van der Waals surface area contributed by atoms with Crippen molar-refractivity contribution >= 4 is 17.8 Å². The van der Waals surface area contributed by atoms with E-state index in [0.29, 0.717) is 30.2 Å². The molecule has 11 nitrogen and oxygen atoms in total. The second kappa shape index (κ2) is 13.0. The van der Waals surface area contributed by atoms with Crippen LogP contribution in [0.1, 0.15) is 15.9 Å². The van der Waals surface area contributed by atoms with Crippen LogP contribution in [0, 0.1) is 0 Å². The summed E-state index contributed by atoms with van der Waals surface area (Å²) in [5.74, 6) is -1.20. The number of amides is 1. The Labute approximate surface area is 203 Å². The lowest BCUT2D eigenvalue weighted by atomic mass is 10.1. The van der Waals surface area contributed by atoms with E-state index in [1.165, 1.54) is 0 Å². The van der Waals surface area contributed by atoms with Crippen molar-refractivity contribution in [3.63, 3.8) is 0 Å². The highest BCUT2D eigenvalue weighted by Gasteiger charge is 2.25. The van der Waals surface area contributed by atoms with Gasteiger partial charge in [0, 0.05) is 32.7 Å². The summed E-state index contributed by atoms with van der Waals surface area (Å²) < 4.78 is 21.4. The van der Waals surface area contributed by atoms with E-state index in [9.17, 15) is 4.79 Å². The molecule has 0 radical (unpaired) electrons. The van der Waals surface area contributed by atoms with Crippen molar-refractivity contribution in [3.8, 4) is 23.0 Å². The lowest BCUT2D eigenvalue weighted by Gasteiger charge is -2.35. The lowest BCUT2D eigenvalue weighted by Crippen LogP contribution is -2.48. The second-order valence-electron chi connectivity index (χ2n) is 7.41. The number of carboxylic acids is 2. The Morgan fingerprint density at radius 2 is 1.37 bits per heavy atom. The first kappa shape index (κ1) is 27.3. The lowest BCUT2D eigenvalue weighted by molar-refractivity contribution is -0.159. The fourth-order valence-corrected chi connectivity index (χ4v) is 3.57. The van der Waals surface area contributed by atoms with Crippen LogP contribution in [0.3, 0.4) is 0 Å². The van der Waals surface area contributed by atoms with E-state index in [0.717, 1.165) is 36.7 Å². The Morgan fingerprint density at radius 3 is 1.89 bits per heavy atom. The number of rotatable bonds is 7. The summed E-state index contributed by atoms with van der Waals surface area (Å²) in [6.45, 7) is 3.71. The zero-order valence-corrected chi connectivity index (χ0v) is 20.1. The molecular weight excluding hydrogens is 460 g/mol. The summed E-state index contributed by atoms with van der Waals surface area (Å²) in [6.07, 6.45) is 0. The minimum atomic E-state index is -1.82. The summed E-state index contributed by atoms with van der Waals surface area (Å²) in [6, 6.07) is 11.3. The molecule has 0 bridgehead atoms. The molecule has 0 aliphatic carbocycles. The molecule has 1 heterocycles. The molecule has 0 unspecified atom stereocenters. The number of nitrogens with zero attached hydrogens (tertiary/aromatic N) is 2. The minimum Gasteiger partial charge on any atom is -0.493 e. The number of hydrogen-bond donors (Lipinski definition) is 2. The Morgan fingerprint density at radius 1 is 0.771 bits per heavy atom. The van der Waals surface area contributed by atoms with E-state index < -0.39 is 11.9 Å². The van der Waals surface area contributed by atoms with Gasteiger partial charge in [0.2, 0.25) is 0 Å². The highest BCUT2D eigenvalue weighted by molar-refractivity contribution is 6.27. The number of piperazine rings is 1. The monoisotopic (exact) mass is 490 g/mol. The molecule has 11 heteroatoms. The van der Waals surface area contributed by atoms with Crippen LogP contribution in [-0.4, -0.2) is 92.5 Å². The molecule has 1 aliphatic rings. The van der Waals surface area contributed by atoms with E-state index >= 15 is 0 Å². The van der Waals surface area contributed by atoms with Gasteiger partial charge in [0.05, 0.1) is 34.0 Å². The van der Waals surface area contributed by atoms with Crippen LogP contribution in [0.15, 0.2) is 36.4 Å². The molecule has 2 aromatic carbocycles. The van der Waals surface area contributed by atoms with Crippen molar-refractivity contribution in [2.45, 2.75) is 6.54 Å². The van der Waals surface area contributed by atoms with Crippen LogP contribution < -0.4 is 18.9 Å². The molecule has 2 aromatic rings. The fourth-order valence-electron chi connectivity index (χ4n) is 3.57. The maximum absolute atomic E-state index is 13.0. The number of hydrogen-bond acceptors (Lipinski definition) is 8. The zero-order chi connectivity index (χ0) is 26.0. The predicted octanol–water partition coefficient (Wildman–Crippen LogP) is 1.83. The highest BCUT2D eigenvalue weighted by atomic mass is 16.5. The SMILES string of the molecule is COc1ccc(CN2CCN(C(=O)c3cccc(OC)c3OC)CC2)cc1OC.O=C(O)C(=O)O. The van der Waals surface area contributed by atoms with E-state index in [2.05, 4.69) is 4.90 Å². The number of carbonyl (C=O) groups is 3. The molecule has 190 valence electrons. The smallest absolute Gasteiger partial charge is 0.414 e.